The molecule has 14 saturated carbocycles. The highest BCUT2D eigenvalue weighted by atomic mass is 16.6. The van der Waals surface area contributed by atoms with Gasteiger partial charge < -0.3 is 19.7 Å². The van der Waals surface area contributed by atoms with E-state index in [2.05, 4.69) is 13.8 Å². The maximum Gasteiger partial charge on any atom is 0.311 e. The molecule has 11 atom stereocenters. The molecule has 14 fully saturated rings. The zero-order chi connectivity index (χ0) is 31.4. The summed E-state index contributed by atoms with van der Waals surface area (Å²) >= 11 is 0. The third kappa shape index (κ3) is 3.88. The normalized spacial score (nSPS) is 56.8. The van der Waals surface area contributed by atoms with Gasteiger partial charge in [-0.05, 0) is 162 Å². The second-order valence-electron chi connectivity index (χ2n) is 19.1. The van der Waals surface area contributed by atoms with Crippen molar-refractivity contribution < 1.29 is 29.3 Å². The first-order valence-corrected chi connectivity index (χ1v) is 19.2. The van der Waals surface area contributed by atoms with Gasteiger partial charge in [0.15, 0.2) is 0 Å². The summed E-state index contributed by atoms with van der Waals surface area (Å²) in [5.41, 5.74) is -1.08. The number of carbonyl (C=O) groups is 2. The van der Waals surface area contributed by atoms with E-state index < -0.39 is 0 Å². The molecule has 11 unspecified atom stereocenters. The van der Waals surface area contributed by atoms with Gasteiger partial charge in [-0.3, -0.25) is 9.59 Å². The Morgan fingerprint density at radius 2 is 1.11 bits per heavy atom. The van der Waals surface area contributed by atoms with Crippen LogP contribution in [0.1, 0.15) is 112 Å². The van der Waals surface area contributed by atoms with Gasteiger partial charge in [0.1, 0.15) is 12.2 Å². The average Bonchev–Trinajstić information content (AvgIpc) is 3.01. The van der Waals surface area contributed by atoms with Crippen LogP contribution >= 0.6 is 0 Å². The molecular weight excluding hydrogens is 564 g/mol. The number of esters is 2. The lowest BCUT2D eigenvalue weighted by Crippen LogP contribution is -2.74. The topological polar surface area (TPSA) is 93.1 Å². The van der Waals surface area contributed by atoms with Crippen LogP contribution in [-0.4, -0.2) is 45.6 Å². The van der Waals surface area contributed by atoms with Crippen LogP contribution < -0.4 is 0 Å². The summed E-state index contributed by atoms with van der Waals surface area (Å²) in [6.07, 6.45) is 13.6. The van der Waals surface area contributed by atoms with Gasteiger partial charge in [0.05, 0.1) is 22.5 Å². The molecule has 0 aromatic carbocycles. The van der Waals surface area contributed by atoms with Crippen LogP contribution in [-0.2, 0) is 19.1 Å². The van der Waals surface area contributed by atoms with Crippen LogP contribution in [0.3, 0.4) is 0 Å². The van der Waals surface area contributed by atoms with Gasteiger partial charge in [-0.1, -0.05) is 20.8 Å². The smallest absolute Gasteiger partial charge is 0.311 e. The Kier molecular flexibility index (Phi) is 6.48. The van der Waals surface area contributed by atoms with E-state index in [9.17, 15) is 19.8 Å². The summed E-state index contributed by atoms with van der Waals surface area (Å²) in [6, 6.07) is 0. The molecule has 6 nitrogen and oxygen atoms in total. The minimum atomic E-state index is -0.371. The molecule has 14 aliphatic carbocycles. The van der Waals surface area contributed by atoms with Crippen molar-refractivity contribution in [1.82, 2.24) is 0 Å². The van der Waals surface area contributed by atoms with E-state index in [1.807, 2.05) is 20.8 Å². The molecule has 0 spiro atoms. The van der Waals surface area contributed by atoms with Gasteiger partial charge >= 0.3 is 11.9 Å². The molecule has 45 heavy (non-hydrogen) atoms. The highest BCUT2D eigenvalue weighted by Crippen LogP contribution is 2.74. The lowest BCUT2D eigenvalue weighted by atomic mass is 9.33. The van der Waals surface area contributed by atoms with Gasteiger partial charge in [0, 0.05) is 11.8 Å². The van der Waals surface area contributed by atoms with Crippen LogP contribution in [0.4, 0.5) is 0 Å². The Bertz CT molecular complexity index is 1210. The fraction of sp³-hybridized carbons (Fsp3) is 0.949. The largest absolute Gasteiger partial charge is 0.462 e. The Morgan fingerprint density at radius 3 is 1.49 bits per heavy atom. The van der Waals surface area contributed by atoms with Gasteiger partial charge in [0.2, 0.25) is 0 Å². The molecule has 250 valence electrons. The lowest BCUT2D eigenvalue weighted by Gasteiger charge is -2.73. The number of ether oxygens (including phenoxy) is 2. The molecule has 0 amide bonds. The molecule has 0 saturated heterocycles. The summed E-state index contributed by atoms with van der Waals surface area (Å²) < 4.78 is 12.3. The molecule has 0 aliphatic heterocycles. The fourth-order valence-corrected chi connectivity index (χ4v) is 15.0. The summed E-state index contributed by atoms with van der Waals surface area (Å²) in [7, 11) is 0. The minimum Gasteiger partial charge on any atom is -0.462 e. The Balaban J connectivity index is 0.000000125. The number of aliphatic hydroxyl groups is 2. The Labute approximate surface area is 270 Å². The van der Waals surface area contributed by atoms with E-state index in [1.165, 1.54) is 25.7 Å². The molecule has 0 aromatic heterocycles. The molecular formula is C39H58O6. The van der Waals surface area contributed by atoms with Gasteiger partial charge in [-0.2, -0.15) is 0 Å². The van der Waals surface area contributed by atoms with Crippen molar-refractivity contribution in [3.63, 3.8) is 0 Å². The van der Waals surface area contributed by atoms with E-state index in [0.717, 1.165) is 63.2 Å². The standard InChI is InChI=1S/C20H30O3.C19H28O3/c1-4-19(2,3)18(21)23-17-11-7-14-12-5-10-6-13(16(12)17)15(8-11)20(14,22)9-10;1-3-9(2)18(20)22-17-11-6-14-12-4-10-5-13(16(12)17)15(7-11)19(14,21)8-10/h10-17,22H,4-9H2,1-3H3;9-17,21H,3-8H2,1-2H3. The molecule has 14 rings (SSSR count). The van der Waals surface area contributed by atoms with Crippen LogP contribution in [0, 0.1) is 94.2 Å². The van der Waals surface area contributed by atoms with Gasteiger partial charge in [-0.15, -0.1) is 0 Å². The molecule has 0 aromatic rings. The van der Waals surface area contributed by atoms with Crippen LogP contribution in [0.2, 0.25) is 0 Å². The van der Waals surface area contributed by atoms with Crippen molar-refractivity contribution in [1.29, 1.82) is 0 Å². The first-order chi connectivity index (χ1) is 21.4. The predicted octanol–water partition coefficient (Wildman–Crippen LogP) is 6.40. The highest BCUT2D eigenvalue weighted by molar-refractivity contribution is 5.76. The second-order valence-corrected chi connectivity index (χ2v) is 19.1. The summed E-state index contributed by atoms with van der Waals surface area (Å²) in [5.74, 6) is 8.16. The van der Waals surface area contributed by atoms with Crippen LogP contribution in [0.5, 0.6) is 0 Å². The number of rotatable bonds is 6. The van der Waals surface area contributed by atoms with E-state index in [0.29, 0.717) is 71.0 Å². The van der Waals surface area contributed by atoms with Crippen molar-refractivity contribution in [2.75, 3.05) is 0 Å². The van der Waals surface area contributed by atoms with E-state index in [-0.39, 0.29) is 46.7 Å². The summed E-state index contributed by atoms with van der Waals surface area (Å²) in [4.78, 5) is 25.0. The zero-order valence-corrected chi connectivity index (χ0v) is 28.3. The SMILES string of the molecule is CCC(C)(C)C(=O)OC1C2CC3C4CC5CC(C41)C(C2)C3(O)C5.CCC(C)C(=O)OC1C2CC3C4CC5CC(C41)C(C2)C3(O)C5. The molecule has 0 radical (unpaired) electrons. The Hall–Kier alpha value is -1.14. The predicted molar refractivity (Wildman–Crippen MR) is 168 cm³/mol. The van der Waals surface area contributed by atoms with Gasteiger partial charge in [0.25, 0.3) is 0 Å². The van der Waals surface area contributed by atoms with Crippen molar-refractivity contribution in [3.05, 3.63) is 0 Å². The number of hydrogen-bond acceptors (Lipinski definition) is 6. The maximum absolute atomic E-state index is 12.7. The zero-order valence-electron chi connectivity index (χ0n) is 28.3. The second kappa shape index (κ2) is 9.73. The van der Waals surface area contributed by atoms with Crippen molar-refractivity contribution in [2.45, 2.75) is 135 Å². The van der Waals surface area contributed by atoms with Crippen molar-refractivity contribution >= 4 is 11.9 Å². The number of carbonyl (C=O) groups excluding carboxylic acids is 2. The fourth-order valence-electron chi connectivity index (χ4n) is 15.0. The third-order valence-corrected chi connectivity index (χ3v) is 17.1. The maximum atomic E-state index is 12.7. The van der Waals surface area contributed by atoms with E-state index in [1.54, 1.807) is 0 Å². The Morgan fingerprint density at radius 1 is 0.711 bits per heavy atom. The summed E-state index contributed by atoms with van der Waals surface area (Å²) in [5, 5.41) is 22.7. The van der Waals surface area contributed by atoms with E-state index in [4.69, 9.17) is 9.47 Å². The molecule has 16 bridgehead atoms. The van der Waals surface area contributed by atoms with Gasteiger partial charge in [-0.25, -0.2) is 0 Å². The van der Waals surface area contributed by atoms with Crippen molar-refractivity contribution in [3.8, 4) is 0 Å². The summed E-state index contributed by atoms with van der Waals surface area (Å²) in [6.45, 7) is 10.1. The molecule has 2 N–H and O–H groups in total. The van der Waals surface area contributed by atoms with Crippen LogP contribution in [0.25, 0.3) is 0 Å². The molecule has 6 heteroatoms. The first-order valence-electron chi connectivity index (χ1n) is 19.2. The minimum absolute atomic E-state index is 0.000539. The van der Waals surface area contributed by atoms with E-state index >= 15 is 0 Å². The molecule has 0 heterocycles. The monoisotopic (exact) mass is 622 g/mol. The van der Waals surface area contributed by atoms with Crippen LogP contribution in [0.15, 0.2) is 0 Å². The number of hydrogen-bond donors (Lipinski definition) is 2. The lowest BCUT2D eigenvalue weighted by molar-refractivity contribution is -0.315. The molecule has 14 aliphatic rings. The average molecular weight is 623 g/mol. The van der Waals surface area contributed by atoms with Crippen molar-refractivity contribution in [2.24, 2.45) is 94.2 Å². The third-order valence-electron chi connectivity index (χ3n) is 17.1. The highest BCUT2D eigenvalue weighted by Gasteiger charge is 2.74. The quantitative estimate of drug-likeness (QED) is 0.333. The first kappa shape index (κ1) is 30.0.